The fourth-order valence-electron chi connectivity index (χ4n) is 4.81. The molecule has 3 aromatic rings. The number of piperidine rings is 1. The molecule has 34 heavy (non-hydrogen) atoms. The number of imidazole rings is 1. The van der Waals surface area contributed by atoms with Crippen LogP contribution in [0, 0.1) is 12.8 Å². The van der Waals surface area contributed by atoms with E-state index in [1.807, 2.05) is 65.9 Å². The van der Waals surface area contributed by atoms with Crippen molar-refractivity contribution in [3.63, 3.8) is 0 Å². The first-order valence-electron chi connectivity index (χ1n) is 11.8. The minimum absolute atomic E-state index is 0.0621. The van der Waals surface area contributed by atoms with E-state index in [1.165, 1.54) is 0 Å². The number of pyridine rings is 1. The predicted octanol–water partition coefficient (Wildman–Crippen LogP) is 3.70. The van der Waals surface area contributed by atoms with Gasteiger partial charge in [0.05, 0.1) is 18.2 Å². The van der Waals surface area contributed by atoms with Crippen LogP contribution >= 0.6 is 0 Å². The zero-order valence-electron chi connectivity index (χ0n) is 19.5. The molecule has 1 amide bonds. The van der Waals surface area contributed by atoms with Crippen LogP contribution < -0.4 is 9.47 Å². The molecule has 1 saturated heterocycles. The molecule has 0 N–H and O–H groups in total. The Kier molecular flexibility index (Phi) is 6.13. The standard InChI is InChI=1S/C26H29N3O5/c1-3-32-26(31)18-7-9-28(10-8-18)25(30)14-20(19-4-5-22-23(13-19)34-16-33-22)21-15-27-24-12-17(2)6-11-29(21)24/h4-6,11-13,15,18,20H,3,7-10,14,16H2,1-2H3. The second-order valence-corrected chi connectivity index (χ2v) is 8.89. The third-order valence-electron chi connectivity index (χ3n) is 6.70. The molecular weight excluding hydrogens is 434 g/mol. The molecule has 5 rings (SSSR count). The Morgan fingerprint density at radius 2 is 1.94 bits per heavy atom. The number of hydrogen-bond donors (Lipinski definition) is 0. The summed E-state index contributed by atoms with van der Waals surface area (Å²) in [7, 11) is 0. The number of esters is 1. The number of carbonyl (C=O) groups excluding carboxylic acids is 2. The number of likely N-dealkylation sites (tertiary alicyclic amines) is 1. The van der Waals surface area contributed by atoms with Crippen LogP contribution in [0.2, 0.25) is 0 Å². The van der Waals surface area contributed by atoms with Crippen molar-refractivity contribution >= 4 is 17.5 Å². The highest BCUT2D eigenvalue weighted by Gasteiger charge is 2.31. The topological polar surface area (TPSA) is 82.4 Å². The number of rotatable bonds is 6. The van der Waals surface area contributed by atoms with Crippen molar-refractivity contribution in [3.05, 3.63) is 59.5 Å². The molecule has 0 aliphatic carbocycles. The van der Waals surface area contributed by atoms with Gasteiger partial charge in [-0.15, -0.1) is 0 Å². The molecule has 2 aliphatic rings. The zero-order valence-corrected chi connectivity index (χ0v) is 19.5. The van der Waals surface area contributed by atoms with E-state index in [0.29, 0.717) is 50.5 Å². The summed E-state index contributed by atoms with van der Waals surface area (Å²) >= 11 is 0. The Morgan fingerprint density at radius 3 is 2.74 bits per heavy atom. The van der Waals surface area contributed by atoms with Gasteiger partial charge in [-0.2, -0.15) is 0 Å². The summed E-state index contributed by atoms with van der Waals surface area (Å²) in [4.78, 5) is 32.0. The summed E-state index contributed by atoms with van der Waals surface area (Å²) in [6.07, 6.45) is 5.42. The quantitative estimate of drug-likeness (QED) is 0.519. The fourth-order valence-corrected chi connectivity index (χ4v) is 4.81. The van der Waals surface area contributed by atoms with Gasteiger partial charge in [0.1, 0.15) is 5.65 Å². The van der Waals surface area contributed by atoms with E-state index >= 15 is 0 Å². The molecule has 0 bridgehead atoms. The Labute approximate surface area is 198 Å². The van der Waals surface area contributed by atoms with Gasteiger partial charge in [-0.05, 0) is 62.1 Å². The van der Waals surface area contributed by atoms with Crippen molar-refractivity contribution in [3.8, 4) is 11.5 Å². The first-order valence-corrected chi connectivity index (χ1v) is 11.8. The number of aryl methyl sites for hydroxylation is 1. The van der Waals surface area contributed by atoms with Gasteiger partial charge >= 0.3 is 5.97 Å². The molecule has 0 saturated carbocycles. The molecule has 8 heteroatoms. The molecule has 178 valence electrons. The summed E-state index contributed by atoms with van der Waals surface area (Å²) in [6.45, 7) is 5.55. The van der Waals surface area contributed by atoms with E-state index in [4.69, 9.17) is 14.2 Å². The molecule has 2 aromatic heterocycles. The summed E-state index contributed by atoms with van der Waals surface area (Å²) < 4.78 is 18.3. The van der Waals surface area contributed by atoms with Crippen LogP contribution in [0.5, 0.6) is 11.5 Å². The van der Waals surface area contributed by atoms with Crippen LogP contribution in [0.4, 0.5) is 0 Å². The van der Waals surface area contributed by atoms with Gasteiger partial charge < -0.3 is 23.5 Å². The zero-order chi connectivity index (χ0) is 23.7. The third kappa shape index (κ3) is 4.32. The minimum Gasteiger partial charge on any atom is -0.466 e. The van der Waals surface area contributed by atoms with E-state index < -0.39 is 0 Å². The van der Waals surface area contributed by atoms with Gasteiger partial charge in [0.2, 0.25) is 12.7 Å². The van der Waals surface area contributed by atoms with Crippen LogP contribution in [0.1, 0.15) is 48.9 Å². The smallest absolute Gasteiger partial charge is 0.309 e. The largest absolute Gasteiger partial charge is 0.466 e. The van der Waals surface area contributed by atoms with E-state index in [0.717, 1.165) is 22.5 Å². The number of hydrogen-bond acceptors (Lipinski definition) is 6. The minimum atomic E-state index is -0.206. The molecule has 8 nitrogen and oxygen atoms in total. The lowest BCUT2D eigenvalue weighted by Gasteiger charge is -2.32. The number of benzene rings is 1. The number of carbonyl (C=O) groups is 2. The van der Waals surface area contributed by atoms with Gasteiger partial charge in [-0.3, -0.25) is 9.59 Å². The highest BCUT2D eigenvalue weighted by Crippen LogP contribution is 2.38. The highest BCUT2D eigenvalue weighted by atomic mass is 16.7. The van der Waals surface area contributed by atoms with Crippen LogP contribution in [-0.4, -0.2) is 52.7 Å². The Morgan fingerprint density at radius 1 is 1.15 bits per heavy atom. The normalized spacial score (nSPS) is 16.6. The summed E-state index contributed by atoms with van der Waals surface area (Å²) in [6, 6.07) is 9.92. The summed E-state index contributed by atoms with van der Waals surface area (Å²) in [5.74, 6) is 0.970. The molecule has 4 heterocycles. The van der Waals surface area contributed by atoms with Crippen LogP contribution in [0.25, 0.3) is 5.65 Å². The van der Waals surface area contributed by atoms with Gasteiger partial charge in [0.25, 0.3) is 0 Å². The van der Waals surface area contributed by atoms with Crippen molar-refractivity contribution < 1.29 is 23.8 Å². The average Bonchev–Trinajstić information content (AvgIpc) is 3.49. The lowest BCUT2D eigenvalue weighted by Crippen LogP contribution is -2.41. The Hall–Kier alpha value is -3.55. The molecular formula is C26H29N3O5. The van der Waals surface area contributed by atoms with Crippen LogP contribution in [0.3, 0.4) is 0 Å². The third-order valence-corrected chi connectivity index (χ3v) is 6.70. The van der Waals surface area contributed by atoms with Crippen molar-refractivity contribution in [1.82, 2.24) is 14.3 Å². The van der Waals surface area contributed by atoms with Crippen LogP contribution in [0.15, 0.2) is 42.7 Å². The number of nitrogens with zero attached hydrogens (tertiary/aromatic N) is 3. The van der Waals surface area contributed by atoms with Gasteiger partial charge in [0.15, 0.2) is 11.5 Å². The second kappa shape index (κ2) is 9.37. The monoisotopic (exact) mass is 463 g/mol. The van der Waals surface area contributed by atoms with Crippen molar-refractivity contribution in [2.75, 3.05) is 26.5 Å². The molecule has 1 atom stereocenters. The second-order valence-electron chi connectivity index (χ2n) is 8.89. The summed E-state index contributed by atoms with van der Waals surface area (Å²) in [5, 5.41) is 0. The lowest BCUT2D eigenvalue weighted by molar-refractivity contribution is -0.151. The number of amides is 1. The van der Waals surface area contributed by atoms with E-state index in [2.05, 4.69) is 4.98 Å². The maximum atomic E-state index is 13.4. The molecule has 0 radical (unpaired) electrons. The highest BCUT2D eigenvalue weighted by molar-refractivity contribution is 5.79. The Bertz CT molecular complexity index is 1210. The number of aromatic nitrogens is 2. The first kappa shape index (κ1) is 22.3. The Balaban J connectivity index is 1.40. The average molecular weight is 464 g/mol. The fraction of sp³-hybridized carbons (Fsp3) is 0.423. The van der Waals surface area contributed by atoms with Crippen molar-refractivity contribution in [1.29, 1.82) is 0 Å². The maximum absolute atomic E-state index is 13.4. The SMILES string of the molecule is CCOC(=O)C1CCN(C(=O)CC(c2ccc3c(c2)OCO3)c2cnc3cc(C)ccn23)CC1. The first-order chi connectivity index (χ1) is 16.5. The van der Waals surface area contributed by atoms with Gasteiger partial charge in [-0.25, -0.2) is 4.98 Å². The van der Waals surface area contributed by atoms with E-state index in [1.54, 1.807) is 0 Å². The number of fused-ring (bicyclic) bond motifs is 2. The molecule has 1 aromatic carbocycles. The molecule has 0 spiro atoms. The van der Waals surface area contributed by atoms with E-state index in [-0.39, 0.29) is 30.5 Å². The predicted molar refractivity (Wildman–Crippen MR) is 125 cm³/mol. The maximum Gasteiger partial charge on any atom is 0.309 e. The lowest BCUT2D eigenvalue weighted by atomic mass is 9.90. The van der Waals surface area contributed by atoms with Crippen molar-refractivity contribution in [2.24, 2.45) is 5.92 Å². The summed E-state index contributed by atoms with van der Waals surface area (Å²) in [5.41, 5.74) is 3.90. The molecule has 2 aliphatic heterocycles. The van der Waals surface area contributed by atoms with E-state index in [9.17, 15) is 9.59 Å². The van der Waals surface area contributed by atoms with Gasteiger partial charge in [0, 0.05) is 37.8 Å². The van der Waals surface area contributed by atoms with Gasteiger partial charge in [-0.1, -0.05) is 6.07 Å². The molecule has 1 unspecified atom stereocenters. The number of ether oxygens (including phenoxy) is 3. The van der Waals surface area contributed by atoms with Crippen molar-refractivity contribution in [2.45, 2.75) is 39.0 Å². The molecule has 1 fully saturated rings. The van der Waals surface area contributed by atoms with Crippen LogP contribution in [-0.2, 0) is 14.3 Å².